The molecule has 0 unspecified atom stereocenters. The number of aliphatic hydroxyl groups excluding tert-OH is 1. The van der Waals surface area contributed by atoms with E-state index >= 15 is 0 Å². The number of rotatable bonds is 6. The first-order chi connectivity index (χ1) is 7.89. The minimum Gasteiger partial charge on any atom is -0.396 e. The fourth-order valence-electron chi connectivity index (χ4n) is 1.52. The molecule has 0 aliphatic carbocycles. The molecule has 1 rings (SSSR count). The second kappa shape index (κ2) is 5.61. The lowest BCUT2D eigenvalue weighted by Gasteiger charge is -2.24. The van der Waals surface area contributed by atoms with Crippen molar-refractivity contribution in [2.24, 2.45) is 7.05 Å². The van der Waals surface area contributed by atoms with Crippen molar-refractivity contribution in [1.29, 1.82) is 0 Å². The predicted octanol–water partition coefficient (Wildman–Crippen LogP) is 0.202. The Morgan fingerprint density at radius 1 is 1.53 bits per heavy atom. The molecule has 0 aromatic carbocycles. The third-order valence-corrected chi connectivity index (χ3v) is 4.33. The molecule has 0 bridgehead atoms. The maximum atomic E-state index is 12.3. The maximum absolute atomic E-state index is 12.3. The molecule has 0 atom stereocenters. The van der Waals surface area contributed by atoms with Gasteiger partial charge in [0.25, 0.3) is 10.0 Å². The lowest BCUT2D eigenvalue weighted by molar-refractivity contribution is 0.258. The van der Waals surface area contributed by atoms with Crippen LogP contribution in [0.5, 0.6) is 0 Å². The monoisotopic (exact) mass is 261 g/mol. The molecule has 0 radical (unpaired) electrons. The average molecular weight is 261 g/mol. The number of aromatic nitrogens is 2. The standard InChI is InChI=1S/C10H19N3O3S/c1-9(2)13(5-4-6-14)17(15,16)10-7-12(3)8-11-10/h7-9,14H,4-6H2,1-3H3. The summed E-state index contributed by atoms with van der Waals surface area (Å²) >= 11 is 0. The first kappa shape index (κ1) is 14.1. The second-order valence-corrected chi connectivity index (χ2v) is 6.00. The molecule has 0 amide bonds. The number of hydrogen-bond acceptors (Lipinski definition) is 4. The van der Waals surface area contributed by atoms with Crippen LogP contribution in [0.3, 0.4) is 0 Å². The molecular formula is C10H19N3O3S. The van der Waals surface area contributed by atoms with Crippen molar-refractivity contribution in [2.45, 2.75) is 31.3 Å². The Balaban J connectivity index is 3.00. The summed E-state index contributed by atoms with van der Waals surface area (Å²) in [5.74, 6) is 0. The second-order valence-electron chi connectivity index (χ2n) is 4.16. The molecule has 0 aliphatic rings. The lowest BCUT2D eigenvalue weighted by atomic mass is 10.3. The van der Waals surface area contributed by atoms with Gasteiger partial charge in [-0.15, -0.1) is 0 Å². The van der Waals surface area contributed by atoms with E-state index in [0.29, 0.717) is 13.0 Å². The summed E-state index contributed by atoms with van der Waals surface area (Å²) in [4.78, 5) is 3.87. The highest BCUT2D eigenvalue weighted by Gasteiger charge is 2.28. The predicted molar refractivity (Wildman–Crippen MR) is 63.9 cm³/mol. The number of imidazole rings is 1. The Hall–Kier alpha value is -0.920. The van der Waals surface area contributed by atoms with Gasteiger partial charge in [-0.25, -0.2) is 13.4 Å². The van der Waals surface area contributed by atoms with Crippen molar-refractivity contribution in [3.8, 4) is 0 Å². The third-order valence-electron chi connectivity index (χ3n) is 2.37. The Labute approximate surface area is 102 Å². The molecule has 1 N–H and O–H groups in total. The van der Waals surface area contributed by atoms with E-state index in [-0.39, 0.29) is 17.7 Å². The summed E-state index contributed by atoms with van der Waals surface area (Å²) in [6.07, 6.45) is 3.35. The first-order valence-corrected chi connectivity index (χ1v) is 6.94. The maximum Gasteiger partial charge on any atom is 0.262 e. The first-order valence-electron chi connectivity index (χ1n) is 5.50. The largest absolute Gasteiger partial charge is 0.396 e. The van der Waals surface area contributed by atoms with Crippen molar-refractivity contribution in [2.75, 3.05) is 13.2 Å². The zero-order chi connectivity index (χ0) is 13.1. The van der Waals surface area contributed by atoms with Crippen LogP contribution in [0.25, 0.3) is 0 Å². The van der Waals surface area contributed by atoms with Crippen molar-refractivity contribution in [3.63, 3.8) is 0 Å². The molecule has 0 spiro atoms. The van der Waals surface area contributed by atoms with Gasteiger partial charge in [0.1, 0.15) is 0 Å². The minimum atomic E-state index is -3.56. The van der Waals surface area contributed by atoms with Gasteiger partial charge in [0, 0.05) is 32.4 Å². The highest BCUT2D eigenvalue weighted by molar-refractivity contribution is 7.89. The third kappa shape index (κ3) is 3.27. The molecule has 0 aliphatic heterocycles. The van der Waals surface area contributed by atoms with Crippen LogP contribution in [0.2, 0.25) is 0 Å². The fourth-order valence-corrected chi connectivity index (χ4v) is 3.17. The molecular weight excluding hydrogens is 242 g/mol. The zero-order valence-corrected chi connectivity index (χ0v) is 11.2. The molecule has 1 aromatic rings. The highest BCUT2D eigenvalue weighted by Crippen LogP contribution is 2.16. The van der Waals surface area contributed by atoms with Crippen molar-refractivity contribution < 1.29 is 13.5 Å². The highest BCUT2D eigenvalue weighted by atomic mass is 32.2. The van der Waals surface area contributed by atoms with E-state index in [9.17, 15) is 8.42 Å². The molecule has 98 valence electrons. The molecule has 1 aromatic heterocycles. The van der Waals surface area contributed by atoms with Crippen LogP contribution in [0.1, 0.15) is 20.3 Å². The van der Waals surface area contributed by atoms with Crippen LogP contribution in [0.4, 0.5) is 0 Å². The van der Waals surface area contributed by atoms with Gasteiger partial charge in [0.15, 0.2) is 5.03 Å². The molecule has 7 heteroatoms. The number of sulfonamides is 1. The van der Waals surface area contributed by atoms with Crippen LogP contribution < -0.4 is 0 Å². The lowest BCUT2D eigenvalue weighted by Crippen LogP contribution is -2.38. The van der Waals surface area contributed by atoms with E-state index in [1.54, 1.807) is 25.5 Å². The van der Waals surface area contributed by atoms with Gasteiger partial charge in [-0.05, 0) is 20.3 Å². The van der Waals surface area contributed by atoms with Gasteiger partial charge < -0.3 is 9.67 Å². The van der Waals surface area contributed by atoms with Crippen molar-refractivity contribution in [3.05, 3.63) is 12.5 Å². The Morgan fingerprint density at radius 3 is 2.59 bits per heavy atom. The van der Waals surface area contributed by atoms with Crippen LogP contribution in [0, 0.1) is 0 Å². The van der Waals surface area contributed by atoms with E-state index in [1.165, 1.54) is 16.8 Å². The summed E-state index contributed by atoms with van der Waals surface area (Å²) in [6, 6.07) is -0.159. The molecule has 6 nitrogen and oxygen atoms in total. The molecule has 0 fully saturated rings. The topological polar surface area (TPSA) is 75.4 Å². The molecule has 1 heterocycles. The van der Waals surface area contributed by atoms with Crippen molar-refractivity contribution >= 4 is 10.0 Å². The molecule has 0 saturated carbocycles. The Morgan fingerprint density at radius 2 is 2.18 bits per heavy atom. The van der Waals surface area contributed by atoms with E-state index in [4.69, 9.17) is 5.11 Å². The fraction of sp³-hybridized carbons (Fsp3) is 0.700. The number of hydrogen-bond donors (Lipinski definition) is 1. The van der Waals surface area contributed by atoms with Gasteiger partial charge in [0.2, 0.25) is 0 Å². The zero-order valence-electron chi connectivity index (χ0n) is 10.4. The van der Waals surface area contributed by atoms with Crippen LogP contribution in [-0.4, -0.2) is 46.6 Å². The SMILES string of the molecule is CC(C)N(CCCO)S(=O)(=O)c1cn(C)cn1. The Kier molecular flexibility index (Phi) is 4.67. The van der Waals surface area contributed by atoms with Gasteiger partial charge in [-0.2, -0.15) is 4.31 Å². The summed E-state index contributed by atoms with van der Waals surface area (Å²) in [5, 5.41) is 8.84. The smallest absolute Gasteiger partial charge is 0.262 e. The molecule has 0 saturated heterocycles. The summed E-state index contributed by atoms with van der Waals surface area (Å²) in [5.41, 5.74) is 0. The minimum absolute atomic E-state index is 0.0268. The molecule has 17 heavy (non-hydrogen) atoms. The summed E-state index contributed by atoms with van der Waals surface area (Å²) < 4.78 is 27.5. The normalized spacial score (nSPS) is 12.6. The van der Waals surface area contributed by atoms with Gasteiger partial charge in [-0.1, -0.05) is 0 Å². The van der Waals surface area contributed by atoms with Gasteiger partial charge in [0.05, 0.1) is 6.33 Å². The number of aryl methyl sites for hydroxylation is 1. The van der Waals surface area contributed by atoms with E-state index < -0.39 is 10.0 Å². The Bertz CT molecular complexity index is 453. The number of nitrogens with zero attached hydrogens (tertiary/aromatic N) is 3. The van der Waals surface area contributed by atoms with E-state index in [2.05, 4.69) is 4.98 Å². The van der Waals surface area contributed by atoms with Crippen LogP contribution in [-0.2, 0) is 17.1 Å². The summed E-state index contributed by atoms with van der Waals surface area (Å²) in [6.45, 7) is 3.88. The van der Waals surface area contributed by atoms with Gasteiger partial charge in [-0.3, -0.25) is 0 Å². The van der Waals surface area contributed by atoms with Crippen LogP contribution >= 0.6 is 0 Å². The number of aliphatic hydroxyl groups is 1. The quantitative estimate of drug-likeness (QED) is 0.794. The summed E-state index contributed by atoms with van der Waals surface area (Å²) in [7, 11) is -1.84. The van der Waals surface area contributed by atoms with Crippen LogP contribution in [0.15, 0.2) is 17.6 Å². The average Bonchev–Trinajstić information content (AvgIpc) is 2.65. The van der Waals surface area contributed by atoms with Gasteiger partial charge >= 0.3 is 0 Å². The van der Waals surface area contributed by atoms with Crippen molar-refractivity contribution in [1.82, 2.24) is 13.9 Å². The van der Waals surface area contributed by atoms with E-state index in [0.717, 1.165) is 0 Å². The van der Waals surface area contributed by atoms with E-state index in [1.807, 2.05) is 0 Å².